The number of methoxy groups -OCH3 is 1. The zero-order valence-electron chi connectivity index (χ0n) is 13.4. The molecule has 0 radical (unpaired) electrons. The number of anilines is 1. The third-order valence-electron chi connectivity index (χ3n) is 3.53. The maximum Gasteiger partial charge on any atom is 0.255 e. The molecule has 126 valence electrons. The zero-order chi connectivity index (χ0) is 16.8. The van der Waals surface area contributed by atoms with Crippen LogP contribution in [0, 0.1) is 0 Å². The van der Waals surface area contributed by atoms with Crippen molar-refractivity contribution < 1.29 is 19.0 Å². The van der Waals surface area contributed by atoms with E-state index < -0.39 is 6.10 Å². The second kappa shape index (κ2) is 8.19. The van der Waals surface area contributed by atoms with Gasteiger partial charge >= 0.3 is 0 Å². The number of carbonyl (C=O) groups excluding carboxylic acids is 1. The van der Waals surface area contributed by atoms with Crippen LogP contribution in [0.15, 0.2) is 58.3 Å². The second-order valence-corrected chi connectivity index (χ2v) is 6.37. The molecule has 3 rings (SSSR count). The Morgan fingerprint density at radius 1 is 1.08 bits per heavy atom. The van der Waals surface area contributed by atoms with Gasteiger partial charge in [-0.2, -0.15) is 0 Å². The Morgan fingerprint density at radius 3 is 2.33 bits per heavy atom. The monoisotopic (exact) mass is 345 g/mol. The average molecular weight is 345 g/mol. The van der Waals surface area contributed by atoms with Crippen LogP contribution in [0.25, 0.3) is 0 Å². The van der Waals surface area contributed by atoms with E-state index in [9.17, 15) is 4.79 Å². The van der Waals surface area contributed by atoms with Crippen LogP contribution in [0.2, 0.25) is 0 Å². The molecule has 24 heavy (non-hydrogen) atoms. The largest absolute Gasteiger partial charge is 0.497 e. The SMILES string of the molecule is COc1ccc(Sc2ccc(NC(=O)[C@@H]3COCCO3)cc2)cc1. The Hall–Kier alpha value is -2.02. The highest BCUT2D eigenvalue weighted by molar-refractivity contribution is 7.99. The molecule has 0 aliphatic carbocycles. The van der Waals surface area contributed by atoms with E-state index in [0.717, 1.165) is 21.2 Å². The summed E-state index contributed by atoms with van der Waals surface area (Å²) in [7, 11) is 1.65. The maximum absolute atomic E-state index is 12.1. The van der Waals surface area contributed by atoms with Gasteiger partial charge in [-0.25, -0.2) is 0 Å². The first kappa shape index (κ1) is 16.8. The summed E-state index contributed by atoms with van der Waals surface area (Å²) < 4.78 is 15.8. The highest BCUT2D eigenvalue weighted by Crippen LogP contribution is 2.29. The fraction of sp³-hybridized carbons (Fsp3) is 0.278. The van der Waals surface area contributed by atoms with Gasteiger partial charge in [-0.05, 0) is 48.5 Å². The van der Waals surface area contributed by atoms with Crippen molar-refractivity contribution in [3.8, 4) is 5.75 Å². The molecule has 1 N–H and O–H groups in total. The molecule has 1 aliphatic rings. The lowest BCUT2D eigenvalue weighted by atomic mass is 10.3. The summed E-state index contributed by atoms with van der Waals surface area (Å²) in [6, 6.07) is 15.6. The lowest BCUT2D eigenvalue weighted by Gasteiger charge is -2.22. The summed E-state index contributed by atoms with van der Waals surface area (Å²) in [4.78, 5) is 14.3. The van der Waals surface area contributed by atoms with Crippen LogP contribution in [0.1, 0.15) is 0 Å². The van der Waals surface area contributed by atoms with E-state index in [1.165, 1.54) is 0 Å². The van der Waals surface area contributed by atoms with Crippen LogP contribution in [0.3, 0.4) is 0 Å². The Balaban J connectivity index is 1.57. The number of rotatable bonds is 5. The molecular weight excluding hydrogens is 326 g/mol. The van der Waals surface area contributed by atoms with Crippen LogP contribution in [-0.4, -0.2) is 38.9 Å². The summed E-state index contributed by atoms with van der Waals surface area (Å²) in [5.41, 5.74) is 0.744. The molecule has 1 saturated heterocycles. The Kier molecular flexibility index (Phi) is 5.74. The van der Waals surface area contributed by atoms with E-state index in [-0.39, 0.29) is 5.91 Å². The normalized spacial score (nSPS) is 17.3. The van der Waals surface area contributed by atoms with E-state index >= 15 is 0 Å². The van der Waals surface area contributed by atoms with E-state index in [1.807, 2.05) is 48.5 Å². The van der Waals surface area contributed by atoms with Crippen molar-refractivity contribution in [1.82, 2.24) is 0 Å². The summed E-state index contributed by atoms with van der Waals surface area (Å²) in [6.07, 6.45) is -0.535. The molecule has 1 amide bonds. The Morgan fingerprint density at radius 2 is 1.75 bits per heavy atom. The summed E-state index contributed by atoms with van der Waals surface area (Å²) >= 11 is 1.65. The molecule has 2 aromatic rings. The van der Waals surface area contributed by atoms with E-state index in [1.54, 1.807) is 18.9 Å². The van der Waals surface area contributed by atoms with Gasteiger partial charge in [-0.1, -0.05) is 11.8 Å². The Labute approximate surface area is 145 Å². The molecule has 0 aromatic heterocycles. The Bertz CT molecular complexity index is 666. The smallest absolute Gasteiger partial charge is 0.255 e. The molecule has 0 spiro atoms. The average Bonchev–Trinajstić information content (AvgIpc) is 2.65. The van der Waals surface area contributed by atoms with Crippen LogP contribution in [0.4, 0.5) is 5.69 Å². The number of ether oxygens (including phenoxy) is 3. The minimum Gasteiger partial charge on any atom is -0.497 e. The number of nitrogens with one attached hydrogen (secondary N) is 1. The number of amides is 1. The number of hydrogen-bond acceptors (Lipinski definition) is 5. The van der Waals surface area contributed by atoms with Gasteiger partial charge in [0.1, 0.15) is 5.75 Å². The number of carbonyl (C=O) groups is 1. The van der Waals surface area contributed by atoms with Crippen molar-refractivity contribution in [3.63, 3.8) is 0 Å². The van der Waals surface area contributed by atoms with Gasteiger partial charge < -0.3 is 19.5 Å². The molecule has 1 fully saturated rings. The van der Waals surface area contributed by atoms with Crippen LogP contribution >= 0.6 is 11.8 Å². The number of hydrogen-bond donors (Lipinski definition) is 1. The van der Waals surface area contributed by atoms with Gasteiger partial charge in [0, 0.05) is 15.5 Å². The van der Waals surface area contributed by atoms with Crippen molar-refractivity contribution in [1.29, 1.82) is 0 Å². The first-order valence-corrected chi connectivity index (χ1v) is 8.48. The molecule has 2 aromatic carbocycles. The molecule has 1 aliphatic heterocycles. The van der Waals surface area contributed by atoms with Crippen molar-refractivity contribution in [2.75, 3.05) is 32.2 Å². The third-order valence-corrected chi connectivity index (χ3v) is 4.54. The van der Waals surface area contributed by atoms with Crippen LogP contribution in [-0.2, 0) is 14.3 Å². The fourth-order valence-corrected chi connectivity index (χ4v) is 3.06. The van der Waals surface area contributed by atoms with Gasteiger partial charge in [-0.3, -0.25) is 4.79 Å². The topological polar surface area (TPSA) is 56.8 Å². The summed E-state index contributed by atoms with van der Waals surface area (Å²) in [5.74, 6) is 0.663. The van der Waals surface area contributed by atoms with Gasteiger partial charge in [0.15, 0.2) is 6.10 Å². The van der Waals surface area contributed by atoms with Crippen molar-refractivity contribution in [2.24, 2.45) is 0 Å². The standard InChI is InChI=1S/C18H19NO4S/c1-21-14-4-8-16(9-5-14)24-15-6-2-13(3-7-15)19-18(20)17-12-22-10-11-23-17/h2-9,17H,10-12H2,1H3,(H,19,20)/t17-/m0/s1. The lowest BCUT2D eigenvalue weighted by molar-refractivity contribution is -0.142. The predicted octanol–water partition coefficient (Wildman–Crippen LogP) is 3.20. The summed E-state index contributed by atoms with van der Waals surface area (Å²) in [5, 5.41) is 2.85. The maximum atomic E-state index is 12.1. The second-order valence-electron chi connectivity index (χ2n) is 5.23. The van der Waals surface area contributed by atoms with E-state index in [4.69, 9.17) is 14.2 Å². The van der Waals surface area contributed by atoms with Crippen LogP contribution < -0.4 is 10.1 Å². The quantitative estimate of drug-likeness (QED) is 0.902. The molecule has 5 nitrogen and oxygen atoms in total. The van der Waals surface area contributed by atoms with Gasteiger partial charge in [0.2, 0.25) is 0 Å². The van der Waals surface area contributed by atoms with Crippen molar-refractivity contribution in [3.05, 3.63) is 48.5 Å². The third kappa shape index (κ3) is 4.50. The van der Waals surface area contributed by atoms with Crippen LogP contribution in [0.5, 0.6) is 5.75 Å². The van der Waals surface area contributed by atoms with Crippen molar-refractivity contribution >= 4 is 23.4 Å². The minimum atomic E-state index is -0.535. The summed E-state index contributed by atoms with van der Waals surface area (Å²) in [6.45, 7) is 1.30. The van der Waals surface area contributed by atoms with Gasteiger partial charge in [0.25, 0.3) is 5.91 Å². The van der Waals surface area contributed by atoms with E-state index in [0.29, 0.717) is 19.8 Å². The molecule has 0 unspecified atom stereocenters. The molecule has 6 heteroatoms. The highest BCUT2D eigenvalue weighted by atomic mass is 32.2. The molecule has 1 heterocycles. The van der Waals surface area contributed by atoms with Gasteiger partial charge in [-0.15, -0.1) is 0 Å². The molecule has 0 bridgehead atoms. The first-order valence-electron chi connectivity index (χ1n) is 7.67. The molecular formula is C18H19NO4S. The molecule has 0 saturated carbocycles. The first-order chi connectivity index (χ1) is 11.7. The lowest BCUT2D eigenvalue weighted by Crippen LogP contribution is -2.39. The predicted molar refractivity (Wildman–Crippen MR) is 92.7 cm³/mol. The highest BCUT2D eigenvalue weighted by Gasteiger charge is 2.22. The minimum absolute atomic E-state index is 0.176. The molecule has 1 atom stereocenters. The van der Waals surface area contributed by atoms with Crippen molar-refractivity contribution in [2.45, 2.75) is 15.9 Å². The van der Waals surface area contributed by atoms with Gasteiger partial charge in [0.05, 0.1) is 26.9 Å². The number of benzene rings is 2. The van der Waals surface area contributed by atoms with E-state index in [2.05, 4.69) is 5.32 Å². The fourth-order valence-electron chi connectivity index (χ4n) is 2.25. The zero-order valence-corrected chi connectivity index (χ0v) is 14.2.